The molecule has 0 aliphatic rings. The second kappa shape index (κ2) is 7.70. The van der Waals surface area contributed by atoms with Crippen molar-refractivity contribution in [2.75, 3.05) is 10.8 Å². The second-order valence-corrected chi connectivity index (χ2v) is 7.97. The van der Waals surface area contributed by atoms with Crippen molar-refractivity contribution in [2.45, 2.75) is 38.5 Å². The Morgan fingerprint density at radius 1 is 1.04 bits per heavy atom. The van der Waals surface area contributed by atoms with E-state index in [1.807, 2.05) is 32.9 Å². The normalized spacial score (nSPS) is 11.3. The van der Waals surface area contributed by atoms with Crippen molar-refractivity contribution in [3.8, 4) is 0 Å². The van der Waals surface area contributed by atoms with Crippen LogP contribution < -0.4 is 4.31 Å². The minimum Gasteiger partial charge on any atom is -0.481 e. The number of sulfonamides is 1. The zero-order chi connectivity index (χ0) is 18.6. The Morgan fingerprint density at radius 2 is 1.68 bits per heavy atom. The molecule has 2 aromatic rings. The molecule has 2 aromatic carbocycles. The first-order valence-corrected chi connectivity index (χ1v) is 9.55. The van der Waals surface area contributed by atoms with Crippen molar-refractivity contribution >= 4 is 21.7 Å². The number of hydrogen-bond acceptors (Lipinski definition) is 3. The predicted octanol–water partition coefficient (Wildman–Crippen LogP) is 3.67. The smallest absolute Gasteiger partial charge is 0.303 e. The van der Waals surface area contributed by atoms with Crippen LogP contribution in [0, 0.1) is 20.8 Å². The number of carbonyl (C=O) groups is 1. The van der Waals surface area contributed by atoms with E-state index in [2.05, 4.69) is 0 Å². The van der Waals surface area contributed by atoms with E-state index in [-0.39, 0.29) is 24.3 Å². The summed E-state index contributed by atoms with van der Waals surface area (Å²) in [7, 11) is -3.77. The predicted molar refractivity (Wildman–Crippen MR) is 98.5 cm³/mol. The maximum absolute atomic E-state index is 13.2. The van der Waals surface area contributed by atoms with Gasteiger partial charge in [-0.2, -0.15) is 0 Å². The molecule has 0 radical (unpaired) electrons. The summed E-state index contributed by atoms with van der Waals surface area (Å²) < 4.78 is 27.6. The van der Waals surface area contributed by atoms with E-state index in [9.17, 15) is 13.2 Å². The number of hydrogen-bond donors (Lipinski definition) is 1. The van der Waals surface area contributed by atoms with Crippen LogP contribution in [0.2, 0.25) is 0 Å². The fourth-order valence-corrected chi connectivity index (χ4v) is 4.15. The van der Waals surface area contributed by atoms with Crippen LogP contribution in [0.15, 0.2) is 47.4 Å². The summed E-state index contributed by atoms with van der Waals surface area (Å²) in [5, 5.41) is 8.88. The molecule has 0 saturated carbocycles. The Kier molecular flexibility index (Phi) is 5.85. The molecule has 0 aromatic heterocycles. The van der Waals surface area contributed by atoms with Gasteiger partial charge in [0.1, 0.15) is 0 Å². The van der Waals surface area contributed by atoms with Gasteiger partial charge in [0.15, 0.2) is 0 Å². The molecule has 134 valence electrons. The fraction of sp³-hybridized carbons (Fsp3) is 0.316. The number of carboxylic acids is 1. The van der Waals surface area contributed by atoms with Gasteiger partial charge < -0.3 is 5.11 Å². The molecule has 25 heavy (non-hydrogen) atoms. The van der Waals surface area contributed by atoms with E-state index < -0.39 is 16.0 Å². The number of rotatable bonds is 7. The lowest BCUT2D eigenvalue weighted by molar-refractivity contribution is -0.137. The zero-order valence-corrected chi connectivity index (χ0v) is 15.5. The number of benzene rings is 2. The largest absolute Gasteiger partial charge is 0.481 e. The summed E-state index contributed by atoms with van der Waals surface area (Å²) in [6.45, 7) is 5.81. The zero-order valence-electron chi connectivity index (χ0n) is 14.7. The summed E-state index contributed by atoms with van der Waals surface area (Å²) >= 11 is 0. The van der Waals surface area contributed by atoms with Crippen LogP contribution in [0.3, 0.4) is 0 Å². The number of nitrogens with zero attached hydrogens (tertiary/aromatic N) is 1. The SMILES string of the molecule is Cc1ccc(S(=O)(=O)N(CCCC(=O)O)c2cccc(C)c2C)cc1. The summed E-state index contributed by atoms with van der Waals surface area (Å²) in [5.41, 5.74) is 3.42. The summed E-state index contributed by atoms with van der Waals surface area (Å²) in [4.78, 5) is 11.0. The molecule has 0 spiro atoms. The lowest BCUT2D eigenvalue weighted by atomic mass is 10.1. The number of carboxylic acid groups (broad SMARTS) is 1. The fourth-order valence-electron chi connectivity index (χ4n) is 2.59. The second-order valence-electron chi connectivity index (χ2n) is 6.11. The molecular formula is C19H23NO4S. The number of aryl methyl sites for hydroxylation is 2. The van der Waals surface area contributed by atoms with Crippen LogP contribution in [0.25, 0.3) is 0 Å². The van der Waals surface area contributed by atoms with Crippen LogP contribution in [-0.2, 0) is 14.8 Å². The molecule has 6 heteroatoms. The van der Waals surface area contributed by atoms with Gasteiger partial charge in [0.2, 0.25) is 0 Å². The average molecular weight is 361 g/mol. The molecule has 0 fully saturated rings. The van der Waals surface area contributed by atoms with Gasteiger partial charge in [0, 0.05) is 13.0 Å². The molecule has 0 aliphatic heterocycles. The topological polar surface area (TPSA) is 74.7 Å². The van der Waals surface area contributed by atoms with E-state index in [4.69, 9.17) is 5.11 Å². The van der Waals surface area contributed by atoms with Crippen molar-refractivity contribution in [3.63, 3.8) is 0 Å². The van der Waals surface area contributed by atoms with Crippen molar-refractivity contribution in [1.29, 1.82) is 0 Å². The highest BCUT2D eigenvalue weighted by atomic mass is 32.2. The van der Waals surface area contributed by atoms with E-state index in [0.717, 1.165) is 16.7 Å². The van der Waals surface area contributed by atoms with Crippen molar-refractivity contribution in [1.82, 2.24) is 0 Å². The molecule has 5 nitrogen and oxygen atoms in total. The Labute approximate surface area is 149 Å². The Balaban J connectivity index is 2.48. The first kappa shape index (κ1) is 19.0. The van der Waals surface area contributed by atoms with Crippen molar-refractivity contribution < 1.29 is 18.3 Å². The third kappa shape index (κ3) is 4.39. The quantitative estimate of drug-likeness (QED) is 0.816. The summed E-state index contributed by atoms with van der Waals surface area (Å²) in [5.74, 6) is -0.936. The Bertz CT molecular complexity index is 857. The maximum atomic E-state index is 13.2. The molecule has 0 atom stereocenters. The van der Waals surface area contributed by atoms with E-state index in [1.165, 1.54) is 4.31 Å². The molecule has 1 N–H and O–H groups in total. The van der Waals surface area contributed by atoms with Crippen LogP contribution in [0.1, 0.15) is 29.5 Å². The maximum Gasteiger partial charge on any atom is 0.303 e. The number of aliphatic carboxylic acids is 1. The lowest BCUT2D eigenvalue weighted by Crippen LogP contribution is -2.33. The first-order valence-electron chi connectivity index (χ1n) is 8.11. The molecule has 2 rings (SSSR count). The molecule has 0 unspecified atom stereocenters. The van der Waals surface area contributed by atoms with Gasteiger partial charge in [-0.15, -0.1) is 0 Å². The van der Waals surface area contributed by atoms with Crippen LogP contribution >= 0.6 is 0 Å². The molecule has 0 saturated heterocycles. The van der Waals surface area contributed by atoms with Crippen LogP contribution in [-0.4, -0.2) is 26.0 Å². The van der Waals surface area contributed by atoms with Gasteiger partial charge in [-0.3, -0.25) is 9.10 Å². The highest BCUT2D eigenvalue weighted by Gasteiger charge is 2.26. The van der Waals surface area contributed by atoms with Crippen LogP contribution in [0.4, 0.5) is 5.69 Å². The highest BCUT2D eigenvalue weighted by Crippen LogP contribution is 2.29. The van der Waals surface area contributed by atoms with Crippen molar-refractivity contribution in [3.05, 3.63) is 59.2 Å². The van der Waals surface area contributed by atoms with Gasteiger partial charge >= 0.3 is 5.97 Å². The van der Waals surface area contributed by atoms with E-state index in [0.29, 0.717) is 5.69 Å². The first-order chi connectivity index (χ1) is 11.7. The third-order valence-corrected chi connectivity index (χ3v) is 6.03. The Hall–Kier alpha value is -2.34. The van der Waals surface area contributed by atoms with Gasteiger partial charge in [0.25, 0.3) is 10.0 Å². The molecular weight excluding hydrogens is 338 g/mol. The monoisotopic (exact) mass is 361 g/mol. The Morgan fingerprint density at radius 3 is 2.28 bits per heavy atom. The molecule has 0 amide bonds. The standard InChI is InChI=1S/C19H23NO4S/c1-14-9-11-17(12-10-14)25(23,24)20(13-5-8-19(21)22)18-7-4-6-15(2)16(18)3/h4,6-7,9-12H,5,8,13H2,1-3H3,(H,21,22). The third-order valence-electron chi connectivity index (χ3n) is 4.21. The van der Waals surface area contributed by atoms with Gasteiger partial charge in [-0.05, 0) is 56.5 Å². The van der Waals surface area contributed by atoms with Gasteiger partial charge in [0.05, 0.1) is 10.6 Å². The lowest BCUT2D eigenvalue weighted by Gasteiger charge is -2.26. The van der Waals surface area contributed by atoms with Gasteiger partial charge in [-0.1, -0.05) is 29.8 Å². The number of anilines is 1. The molecule has 0 aliphatic carbocycles. The van der Waals surface area contributed by atoms with E-state index >= 15 is 0 Å². The minimum atomic E-state index is -3.77. The van der Waals surface area contributed by atoms with E-state index in [1.54, 1.807) is 30.3 Å². The molecule has 0 bridgehead atoms. The average Bonchev–Trinajstić information content (AvgIpc) is 2.55. The summed E-state index contributed by atoms with van der Waals surface area (Å²) in [6.07, 6.45) is 0.165. The highest BCUT2D eigenvalue weighted by molar-refractivity contribution is 7.92. The van der Waals surface area contributed by atoms with Crippen molar-refractivity contribution in [2.24, 2.45) is 0 Å². The van der Waals surface area contributed by atoms with Crippen LogP contribution in [0.5, 0.6) is 0 Å². The summed E-state index contributed by atoms with van der Waals surface area (Å²) in [6, 6.07) is 12.2. The molecule has 0 heterocycles. The minimum absolute atomic E-state index is 0.0786. The van der Waals surface area contributed by atoms with Gasteiger partial charge in [-0.25, -0.2) is 8.42 Å².